The van der Waals surface area contributed by atoms with E-state index >= 15 is 0 Å². The molecular formula is C10H11BrN2OS. The number of hydrogen-bond donors (Lipinski definition) is 2. The summed E-state index contributed by atoms with van der Waals surface area (Å²) in [5, 5.41) is 7.98. The topological polar surface area (TPSA) is 59.1 Å². The van der Waals surface area contributed by atoms with Crippen molar-refractivity contribution in [3.63, 3.8) is 0 Å². The van der Waals surface area contributed by atoms with Crippen LogP contribution in [0.25, 0.3) is 0 Å². The summed E-state index contributed by atoms with van der Waals surface area (Å²) in [7, 11) is 0. The van der Waals surface area contributed by atoms with Gasteiger partial charge in [0, 0.05) is 14.9 Å². The van der Waals surface area contributed by atoms with E-state index in [1.807, 2.05) is 18.2 Å². The molecule has 5 heteroatoms. The second-order valence-electron chi connectivity index (χ2n) is 3.33. The van der Waals surface area contributed by atoms with Gasteiger partial charge in [0.05, 0.1) is 18.5 Å². The van der Waals surface area contributed by atoms with E-state index in [0.29, 0.717) is 5.25 Å². The molecule has 0 saturated carbocycles. The molecule has 3 N–H and O–H groups in total. The number of nitrogens with two attached hydrogens (primary N) is 1. The van der Waals surface area contributed by atoms with Gasteiger partial charge in [-0.2, -0.15) is 0 Å². The van der Waals surface area contributed by atoms with Gasteiger partial charge in [0.25, 0.3) is 0 Å². The van der Waals surface area contributed by atoms with Crippen molar-refractivity contribution in [2.75, 3.05) is 13.2 Å². The lowest BCUT2D eigenvalue weighted by molar-refractivity contribution is 0.0455. The van der Waals surface area contributed by atoms with Gasteiger partial charge in [-0.25, -0.2) is 0 Å². The monoisotopic (exact) mass is 286 g/mol. The molecule has 0 spiro atoms. The van der Waals surface area contributed by atoms with E-state index in [1.165, 1.54) is 0 Å². The second-order valence-corrected chi connectivity index (χ2v) is 5.59. The number of benzene rings is 1. The standard InChI is InChI=1S/C10H11BrN2OS/c11-6-1-2-8(10(12)13)9(3-6)15-7-4-14-5-7/h1-3,7H,4-5H2,(H3,12,13). The van der Waals surface area contributed by atoms with E-state index in [9.17, 15) is 0 Å². The van der Waals surface area contributed by atoms with Gasteiger partial charge in [-0.15, -0.1) is 11.8 Å². The summed E-state index contributed by atoms with van der Waals surface area (Å²) in [6, 6.07) is 5.77. The van der Waals surface area contributed by atoms with E-state index in [0.717, 1.165) is 28.1 Å². The summed E-state index contributed by atoms with van der Waals surface area (Å²) in [4.78, 5) is 1.05. The van der Waals surface area contributed by atoms with E-state index < -0.39 is 0 Å². The highest BCUT2D eigenvalue weighted by Gasteiger charge is 2.21. The molecule has 0 aliphatic carbocycles. The van der Waals surface area contributed by atoms with E-state index in [-0.39, 0.29) is 5.84 Å². The molecule has 0 atom stereocenters. The van der Waals surface area contributed by atoms with Crippen LogP contribution in [-0.4, -0.2) is 24.3 Å². The van der Waals surface area contributed by atoms with Crippen LogP contribution in [0.5, 0.6) is 0 Å². The van der Waals surface area contributed by atoms with Crippen LogP contribution in [0.15, 0.2) is 27.6 Å². The van der Waals surface area contributed by atoms with Gasteiger partial charge in [0.15, 0.2) is 0 Å². The minimum Gasteiger partial charge on any atom is -0.384 e. The molecule has 1 aliphatic rings. The fourth-order valence-corrected chi connectivity index (χ4v) is 2.98. The predicted molar refractivity (Wildman–Crippen MR) is 65.6 cm³/mol. The Bertz CT molecular complexity index is 393. The van der Waals surface area contributed by atoms with Crippen LogP contribution in [-0.2, 0) is 4.74 Å². The average molecular weight is 287 g/mol. The van der Waals surface area contributed by atoms with Crippen molar-refractivity contribution >= 4 is 33.5 Å². The largest absolute Gasteiger partial charge is 0.384 e. The number of ether oxygens (including phenoxy) is 1. The number of amidine groups is 1. The maximum atomic E-state index is 7.48. The Morgan fingerprint density at radius 3 is 2.80 bits per heavy atom. The Kier molecular flexibility index (Phi) is 3.33. The summed E-state index contributed by atoms with van der Waals surface area (Å²) in [6.07, 6.45) is 0. The number of hydrogen-bond acceptors (Lipinski definition) is 3. The molecule has 2 rings (SSSR count). The number of nitrogen functional groups attached to an aromatic ring is 1. The number of halogens is 1. The maximum absolute atomic E-state index is 7.48. The molecule has 80 valence electrons. The van der Waals surface area contributed by atoms with Crippen LogP contribution in [0.2, 0.25) is 0 Å². The highest BCUT2D eigenvalue weighted by molar-refractivity contribution is 9.10. The lowest BCUT2D eigenvalue weighted by Crippen LogP contribution is -2.30. The van der Waals surface area contributed by atoms with Crippen LogP contribution in [0.4, 0.5) is 0 Å². The molecule has 15 heavy (non-hydrogen) atoms. The van der Waals surface area contributed by atoms with Crippen LogP contribution in [0.3, 0.4) is 0 Å². The molecule has 1 aliphatic heterocycles. The first-order chi connectivity index (χ1) is 7.16. The molecule has 0 bridgehead atoms. The van der Waals surface area contributed by atoms with Crippen LogP contribution in [0.1, 0.15) is 5.56 Å². The van der Waals surface area contributed by atoms with Gasteiger partial charge >= 0.3 is 0 Å². The smallest absolute Gasteiger partial charge is 0.123 e. The summed E-state index contributed by atoms with van der Waals surface area (Å²) in [5.74, 6) is 0.116. The first kappa shape index (κ1) is 11.0. The quantitative estimate of drug-likeness (QED) is 0.662. The minimum atomic E-state index is 0.116. The molecular weight excluding hydrogens is 276 g/mol. The molecule has 0 radical (unpaired) electrons. The Hall–Kier alpha value is -0.520. The van der Waals surface area contributed by atoms with Crippen molar-refractivity contribution in [1.29, 1.82) is 5.41 Å². The van der Waals surface area contributed by atoms with E-state index in [2.05, 4.69) is 15.9 Å². The zero-order valence-corrected chi connectivity index (χ0v) is 10.4. The normalized spacial score (nSPS) is 16.1. The van der Waals surface area contributed by atoms with Gasteiger partial charge in [0.2, 0.25) is 0 Å². The molecule has 1 aromatic carbocycles. The second kappa shape index (κ2) is 4.55. The number of rotatable bonds is 3. The molecule has 1 aromatic rings. The summed E-state index contributed by atoms with van der Waals surface area (Å²) in [5.41, 5.74) is 6.32. The third-order valence-electron chi connectivity index (χ3n) is 2.13. The number of thioether (sulfide) groups is 1. The maximum Gasteiger partial charge on any atom is 0.123 e. The third-order valence-corrected chi connectivity index (χ3v) is 3.83. The fourth-order valence-electron chi connectivity index (χ4n) is 1.28. The minimum absolute atomic E-state index is 0.116. The molecule has 0 amide bonds. The zero-order valence-electron chi connectivity index (χ0n) is 8.00. The van der Waals surface area contributed by atoms with Crippen molar-refractivity contribution in [1.82, 2.24) is 0 Å². The van der Waals surface area contributed by atoms with Crippen molar-refractivity contribution < 1.29 is 4.74 Å². The molecule has 1 saturated heterocycles. The van der Waals surface area contributed by atoms with Crippen LogP contribution < -0.4 is 5.73 Å². The molecule has 1 heterocycles. The highest BCUT2D eigenvalue weighted by atomic mass is 79.9. The first-order valence-corrected chi connectivity index (χ1v) is 6.22. The van der Waals surface area contributed by atoms with E-state index in [1.54, 1.807) is 11.8 Å². The Morgan fingerprint density at radius 1 is 1.53 bits per heavy atom. The van der Waals surface area contributed by atoms with Crippen molar-refractivity contribution in [2.24, 2.45) is 5.73 Å². The Morgan fingerprint density at radius 2 is 2.27 bits per heavy atom. The first-order valence-electron chi connectivity index (χ1n) is 4.55. The third kappa shape index (κ3) is 2.53. The fraction of sp³-hybridized carbons (Fsp3) is 0.300. The van der Waals surface area contributed by atoms with Crippen molar-refractivity contribution in [2.45, 2.75) is 10.1 Å². The lowest BCUT2D eigenvalue weighted by atomic mass is 10.2. The SMILES string of the molecule is N=C(N)c1ccc(Br)cc1SC1COC1. The molecule has 1 fully saturated rings. The Labute approximate surface area is 101 Å². The van der Waals surface area contributed by atoms with Crippen LogP contribution >= 0.6 is 27.7 Å². The van der Waals surface area contributed by atoms with E-state index in [4.69, 9.17) is 15.9 Å². The number of nitrogens with one attached hydrogen (secondary N) is 1. The lowest BCUT2D eigenvalue weighted by Gasteiger charge is -2.26. The Balaban J connectivity index is 2.24. The molecule has 3 nitrogen and oxygen atoms in total. The van der Waals surface area contributed by atoms with Gasteiger partial charge in [-0.3, -0.25) is 5.41 Å². The van der Waals surface area contributed by atoms with Crippen molar-refractivity contribution in [3.05, 3.63) is 28.2 Å². The summed E-state index contributed by atoms with van der Waals surface area (Å²) < 4.78 is 6.13. The predicted octanol–water partition coefficient (Wildman–Crippen LogP) is 2.22. The van der Waals surface area contributed by atoms with Crippen LogP contribution in [0, 0.1) is 5.41 Å². The molecule has 0 unspecified atom stereocenters. The average Bonchev–Trinajstić information content (AvgIpc) is 2.11. The summed E-state index contributed by atoms with van der Waals surface area (Å²) >= 11 is 5.14. The van der Waals surface area contributed by atoms with Gasteiger partial charge in [-0.05, 0) is 18.2 Å². The van der Waals surface area contributed by atoms with Gasteiger partial charge < -0.3 is 10.5 Å². The van der Waals surface area contributed by atoms with Crippen molar-refractivity contribution in [3.8, 4) is 0 Å². The highest BCUT2D eigenvalue weighted by Crippen LogP contribution is 2.32. The summed E-state index contributed by atoms with van der Waals surface area (Å²) in [6.45, 7) is 1.57. The van der Waals surface area contributed by atoms with Gasteiger partial charge in [0.1, 0.15) is 5.84 Å². The van der Waals surface area contributed by atoms with Gasteiger partial charge in [-0.1, -0.05) is 15.9 Å². The zero-order chi connectivity index (χ0) is 10.8. The molecule has 0 aromatic heterocycles.